The molecule has 0 radical (unpaired) electrons. The van der Waals surface area contributed by atoms with E-state index < -0.39 is 24.4 Å². The molecule has 0 bridgehead atoms. The lowest BCUT2D eigenvalue weighted by atomic mass is 10.0. The van der Waals surface area contributed by atoms with Gasteiger partial charge in [-0.3, -0.25) is 0 Å². The first kappa shape index (κ1) is 17.5. The molecule has 1 aromatic heterocycles. The van der Waals surface area contributed by atoms with E-state index >= 15 is 0 Å². The van der Waals surface area contributed by atoms with Gasteiger partial charge in [-0.1, -0.05) is 0 Å². The van der Waals surface area contributed by atoms with Crippen LogP contribution < -0.4 is 10.1 Å². The molecule has 2 aromatic rings. The third-order valence-electron chi connectivity index (χ3n) is 3.77. The van der Waals surface area contributed by atoms with Gasteiger partial charge in [-0.2, -0.15) is 5.26 Å². The number of nitrogens with zero attached hydrogens (tertiary/aromatic N) is 3. The van der Waals surface area contributed by atoms with Crippen LogP contribution in [0.2, 0.25) is 5.28 Å². The summed E-state index contributed by atoms with van der Waals surface area (Å²) in [6, 6.07) is 5.96. The number of hydrogen-bond acceptors (Lipinski definition) is 5. The van der Waals surface area contributed by atoms with Crippen LogP contribution in [0.1, 0.15) is 12.0 Å². The quantitative estimate of drug-likeness (QED) is 0.842. The molecule has 1 fully saturated rings. The van der Waals surface area contributed by atoms with Gasteiger partial charge in [0, 0.05) is 12.0 Å². The number of alkyl halides is 2. The molecule has 3 rings (SSSR count). The molecule has 1 saturated heterocycles. The molecule has 0 amide bonds. The van der Waals surface area contributed by atoms with E-state index in [9.17, 15) is 18.4 Å². The number of aromatic nitrogens is 2. The highest BCUT2D eigenvalue weighted by atomic mass is 35.5. The van der Waals surface area contributed by atoms with Crippen LogP contribution in [0.3, 0.4) is 0 Å². The van der Waals surface area contributed by atoms with Crippen molar-refractivity contribution in [1.29, 1.82) is 5.26 Å². The van der Waals surface area contributed by atoms with Gasteiger partial charge in [-0.25, -0.2) is 23.1 Å². The summed E-state index contributed by atoms with van der Waals surface area (Å²) < 4.78 is 47.0. The zero-order valence-corrected chi connectivity index (χ0v) is 13.5. The minimum atomic E-state index is -3.05. The van der Waals surface area contributed by atoms with Gasteiger partial charge in [0.05, 0.1) is 18.3 Å². The van der Waals surface area contributed by atoms with Crippen molar-refractivity contribution >= 4 is 11.6 Å². The maximum Gasteiger partial charge on any atom is 0.296 e. The third-order valence-corrected chi connectivity index (χ3v) is 3.95. The average Bonchev–Trinajstić information content (AvgIpc) is 2.59. The SMILES string of the molecule is N#Cc1cc(-c2nc(Cl)ncc2F)ccc1OC1CCNCC1(F)F. The van der Waals surface area contributed by atoms with Crippen LogP contribution in [0.25, 0.3) is 11.3 Å². The van der Waals surface area contributed by atoms with E-state index in [0.29, 0.717) is 6.54 Å². The molecule has 1 atom stereocenters. The predicted octanol–water partition coefficient (Wildman–Crippen LogP) is 3.18. The van der Waals surface area contributed by atoms with Crippen LogP contribution in [0.5, 0.6) is 5.75 Å². The van der Waals surface area contributed by atoms with Gasteiger partial charge in [0.25, 0.3) is 5.92 Å². The summed E-state index contributed by atoms with van der Waals surface area (Å²) in [6.07, 6.45) is -0.316. The zero-order valence-electron chi connectivity index (χ0n) is 12.8. The van der Waals surface area contributed by atoms with Crippen LogP contribution in [-0.2, 0) is 0 Å². The predicted molar refractivity (Wildman–Crippen MR) is 84.0 cm³/mol. The molecule has 9 heteroatoms. The molecule has 130 valence electrons. The van der Waals surface area contributed by atoms with E-state index in [0.717, 1.165) is 6.20 Å². The zero-order chi connectivity index (χ0) is 18.0. The molecule has 1 aliphatic rings. The van der Waals surface area contributed by atoms with Crippen molar-refractivity contribution in [3.8, 4) is 23.1 Å². The number of benzene rings is 1. The molecule has 1 unspecified atom stereocenters. The number of halogens is 4. The number of ether oxygens (including phenoxy) is 1. The van der Waals surface area contributed by atoms with Crippen molar-refractivity contribution < 1.29 is 17.9 Å². The van der Waals surface area contributed by atoms with Gasteiger partial charge in [-0.05, 0) is 36.3 Å². The summed E-state index contributed by atoms with van der Waals surface area (Å²) in [6.45, 7) is -0.0901. The van der Waals surface area contributed by atoms with Gasteiger partial charge in [0.1, 0.15) is 17.5 Å². The van der Waals surface area contributed by atoms with Crippen LogP contribution in [-0.4, -0.2) is 35.1 Å². The first-order chi connectivity index (χ1) is 11.9. The monoisotopic (exact) mass is 368 g/mol. The summed E-state index contributed by atoms with van der Waals surface area (Å²) in [5, 5.41) is 11.7. The molecule has 1 N–H and O–H groups in total. The Balaban J connectivity index is 1.93. The minimum Gasteiger partial charge on any atom is -0.483 e. The second kappa shape index (κ2) is 6.86. The number of nitrogens with one attached hydrogen (secondary N) is 1. The van der Waals surface area contributed by atoms with Crippen molar-refractivity contribution in [2.45, 2.75) is 18.4 Å². The van der Waals surface area contributed by atoms with Crippen LogP contribution in [0.15, 0.2) is 24.4 Å². The van der Waals surface area contributed by atoms with E-state index in [1.807, 2.05) is 6.07 Å². The Labute approximate surface area is 146 Å². The molecule has 25 heavy (non-hydrogen) atoms. The van der Waals surface area contributed by atoms with E-state index in [2.05, 4.69) is 15.3 Å². The van der Waals surface area contributed by atoms with Gasteiger partial charge in [0.2, 0.25) is 5.28 Å². The highest BCUT2D eigenvalue weighted by molar-refractivity contribution is 6.28. The van der Waals surface area contributed by atoms with Crippen molar-refractivity contribution in [3.63, 3.8) is 0 Å². The van der Waals surface area contributed by atoms with Crippen LogP contribution >= 0.6 is 11.6 Å². The van der Waals surface area contributed by atoms with E-state index in [1.54, 1.807) is 0 Å². The molecule has 0 aliphatic carbocycles. The van der Waals surface area contributed by atoms with Gasteiger partial charge < -0.3 is 10.1 Å². The van der Waals surface area contributed by atoms with Crippen molar-refractivity contribution in [1.82, 2.24) is 15.3 Å². The molecule has 5 nitrogen and oxygen atoms in total. The molecule has 0 saturated carbocycles. The minimum absolute atomic E-state index is 0.000896. The Hall–Kier alpha value is -2.37. The molecular formula is C16H12ClF3N4O. The van der Waals surface area contributed by atoms with Crippen LogP contribution in [0.4, 0.5) is 13.2 Å². The van der Waals surface area contributed by atoms with Crippen molar-refractivity contribution in [3.05, 3.63) is 41.1 Å². The Morgan fingerprint density at radius 3 is 2.92 bits per heavy atom. The second-order valence-corrected chi connectivity index (χ2v) is 5.83. The number of rotatable bonds is 3. The summed E-state index contributed by atoms with van der Waals surface area (Å²) in [5.74, 6) is -3.75. The molecule has 1 aromatic carbocycles. The lowest BCUT2D eigenvalue weighted by Gasteiger charge is -2.32. The highest BCUT2D eigenvalue weighted by Gasteiger charge is 2.43. The first-order valence-electron chi connectivity index (χ1n) is 7.38. The number of nitriles is 1. The Kier molecular flexibility index (Phi) is 4.79. The Morgan fingerprint density at radius 1 is 1.40 bits per heavy atom. The maximum absolute atomic E-state index is 13.9. The Morgan fingerprint density at radius 2 is 2.20 bits per heavy atom. The summed E-state index contributed by atoms with van der Waals surface area (Å²) >= 11 is 5.66. The van der Waals surface area contributed by atoms with Crippen molar-refractivity contribution in [2.24, 2.45) is 0 Å². The second-order valence-electron chi connectivity index (χ2n) is 5.49. The maximum atomic E-state index is 13.9. The fourth-order valence-corrected chi connectivity index (χ4v) is 2.66. The summed E-state index contributed by atoms with van der Waals surface area (Å²) in [5.41, 5.74) is 0.180. The van der Waals surface area contributed by atoms with Gasteiger partial charge in [0.15, 0.2) is 11.9 Å². The van der Waals surface area contributed by atoms with E-state index in [1.165, 1.54) is 18.2 Å². The average molecular weight is 369 g/mol. The summed E-state index contributed by atoms with van der Waals surface area (Å²) in [7, 11) is 0. The van der Waals surface area contributed by atoms with Crippen molar-refractivity contribution in [2.75, 3.05) is 13.1 Å². The molecule has 0 spiro atoms. The lowest BCUT2D eigenvalue weighted by Crippen LogP contribution is -2.52. The fourth-order valence-electron chi connectivity index (χ4n) is 2.53. The highest BCUT2D eigenvalue weighted by Crippen LogP contribution is 2.32. The summed E-state index contributed by atoms with van der Waals surface area (Å²) in [4.78, 5) is 7.31. The topological polar surface area (TPSA) is 70.8 Å². The number of hydrogen-bond donors (Lipinski definition) is 1. The number of piperidine rings is 1. The fraction of sp³-hybridized carbons (Fsp3) is 0.312. The van der Waals surface area contributed by atoms with E-state index in [-0.39, 0.29) is 34.3 Å². The van der Waals surface area contributed by atoms with Gasteiger partial charge >= 0.3 is 0 Å². The normalized spacial score (nSPS) is 19.2. The van der Waals surface area contributed by atoms with E-state index in [4.69, 9.17) is 16.3 Å². The lowest BCUT2D eigenvalue weighted by molar-refractivity contribution is -0.109. The van der Waals surface area contributed by atoms with Gasteiger partial charge in [-0.15, -0.1) is 0 Å². The molecule has 1 aliphatic heterocycles. The first-order valence-corrected chi connectivity index (χ1v) is 7.76. The largest absolute Gasteiger partial charge is 0.483 e. The standard InChI is InChI=1S/C16H12ClF3N4O/c17-15-23-7-11(18)14(24-15)9-1-2-12(10(5-9)6-21)25-13-3-4-22-8-16(13,19)20/h1-2,5,7,13,22H,3-4,8H2. The third kappa shape index (κ3) is 3.67. The molecule has 2 heterocycles. The smallest absolute Gasteiger partial charge is 0.296 e. The molecular weight excluding hydrogens is 357 g/mol. The Bertz CT molecular complexity index is 841. The van der Waals surface area contributed by atoms with Crippen LogP contribution in [0, 0.1) is 17.1 Å².